The van der Waals surface area contributed by atoms with Gasteiger partial charge in [-0.1, -0.05) is 0 Å². The van der Waals surface area contributed by atoms with Crippen LogP contribution in [-0.4, -0.2) is 36.2 Å². The van der Waals surface area contributed by atoms with Crippen LogP contribution in [-0.2, 0) is 9.53 Å². The normalized spacial score (nSPS) is 21.9. The minimum Gasteiger partial charge on any atom is -0.444 e. The van der Waals surface area contributed by atoms with E-state index in [2.05, 4.69) is 10.6 Å². The number of rotatable bonds is 7. The summed E-state index contributed by atoms with van der Waals surface area (Å²) >= 11 is 0. The van der Waals surface area contributed by atoms with E-state index in [0.29, 0.717) is 12.5 Å². The highest BCUT2D eigenvalue weighted by atomic mass is 16.6. The van der Waals surface area contributed by atoms with Crippen LogP contribution in [0.25, 0.3) is 0 Å². The van der Waals surface area contributed by atoms with Gasteiger partial charge in [0.2, 0.25) is 5.91 Å². The maximum Gasteiger partial charge on any atom is 0.407 e. The zero-order chi connectivity index (χ0) is 15.2. The second-order valence-corrected chi connectivity index (χ2v) is 6.39. The monoisotopic (exact) mass is 285 g/mol. The largest absolute Gasteiger partial charge is 0.444 e. The van der Waals surface area contributed by atoms with Crippen LogP contribution in [0.3, 0.4) is 0 Å². The third-order valence-corrected chi connectivity index (χ3v) is 3.14. The van der Waals surface area contributed by atoms with Crippen molar-refractivity contribution in [1.82, 2.24) is 10.6 Å². The number of ether oxygens (including phenoxy) is 1. The standard InChI is InChI=1S/C14H27N3O3/c1-14(2,3)20-13(19)17-11-8-10(9-11)16-7-5-4-6-12(15)18/h10-11,16H,4-9H2,1-3H3,(H2,15,18)(H,17,19). The van der Waals surface area contributed by atoms with E-state index in [-0.39, 0.29) is 18.0 Å². The van der Waals surface area contributed by atoms with Crippen LogP contribution < -0.4 is 16.4 Å². The van der Waals surface area contributed by atoms with E-state index < -0.39 is 5.60 Å². The molecule has 6 nitrogen and oxygen atoms in total. The molecule has 6 heteroatoms. The lowest BCUT2D eigenvalue weighted by molar-refractivity contribution is -0.118. The number of carbonyl (C=O) groups is 2. The van der Waals surface area contributed by atoms with E-state index in [1.165, 1.54) is 0 Å². The Kier molecular flexibility index (Phi) is 6.26. The van der Waals surface area contributed by atoms with Crippen LogP contribution in [0.4, 0.5) is 4.79 Å². The highest BCUT2D eigenvalue weighted by molar-refractivity contribution is 5.73. The van der Waals surface area contributed by atoms with E-state index in [1.54, 1.807) is 0 Å². The van der Waals surface area contributed by atoms with E-state index in [1.807, 2.05) is 20.8 Å². The highest BCUT2D eigenvalue weighted by Gasteiger charge is 2.30. The first kappa shape index (κ1) is 16.8. The molecule has 0 saturated heterocycles. The number of hydrogen-bond acceptors (Lipinski definition) is 4. The second-order valence-electron chi connectivity index (χ2n) is 6.39. The number of nitrogens with two attached hydrogens (primary N) is 1. The lowest BCUT2D eigenvalue weighted by Crippen LogP contribution is -2.53. The Balaban J connectivity index is 2.00. The van der Waals surface area contributed by atoms with Crippen molar-refractivity contribution in [3.8, 4) is 0 Å². The number of amides is 2. The van der Waals surface area contributed by atoms with Gasteiger partial charge in [0.15, 0.2) is 0 Å². The lowest BCUT2D eigenvalue weighted by Gasteiger charge is -2.36. The molecular formula is C14H27N3O3. The Bertz CT molecular complexity index is 333. The maximum atomic E-state index is 11.5. The van der Waals surface area contributed by atoms with Crippen molar-refractivity contribution in [3.05, 3.63) is 0 Å². The predicted molar refractivity (Wildman–Crippen MR) is 77.2 cm³/mol. The molecular weight excluding hydrogens is 258 g/mol. The van der Waals surface area contributed by atoms with Crippen LogP contribution in [0.5, 0.6) is 0 Å². The molecule has 0 heterocycles. The van der Waals surface area contributed by atoms with Gasteiger partial charge in [-0.05, 0) is 53.0 Å². The Morgan fingerprint density at radius 2 is 1.85 bits per heavy atom. The summed E-state index contributed by atoms with van der Waals surface area (Å²) in [6.07, 6.45) is 3.74. The summed E-state index contributed by atoms with van der Waals surface area (Å²) < 4.78 is 5.20. The Hall–Kier alpha value is -1.30. The Labute approximate surface area is 120 Å². The Morgan fingerprint density at radius 3 is 2.40 bits per heavy atom. The molecule has 1 saturated carbocycles. The van der Waals surface area contributed by atoms with Gasteiger partial charge < -0.3 is 21.1 Å². The van der Waals surface area contributed by atoms with Gasteiger partial charge in [-0.3, -0.25) is 4.79 Å². The molecule has 0 aromatic heterocycles. The summed E-state index contributed by atoms with van der Waals surface area (Å²) in [4.78, 5) is 22.1. The lowest BCUT2D eigenvalue weighted by atomic mass is 9.87. The molecule has 116 valence electrons. The van der Waals surface area contributed by atoms with E-state index in [9.17, 15) is 9.59 Å². The number of hydrogen-bond donors (Lipinski definition) is 3. The fraction of sp³-hybridized carbons (Fsp3) is 0.857. The van der Waals surface area contributed by atoms with Crippen LogP contribution in [0.15, 0.2) is 0 Å². The van der Waals surface area contributed by atoms with Gasteiger partial charge in [-0.25, -0.2) is 4.79 Å². The summed E-state index contributed by atoms with van der Waals surface area (Å²) in [6.45, 7) is 6.44. The summed E-state index contributed by atoms with van der Waals surface area (Å²) in [5, 5.41) is 6.26. The summed E-state index contributed by atoms with van der Waals surface area (Å²) in [5.41, 5.74) is 4.62. The molecule has 1 aliphatic carbocycles. The van der Waals surface area contributed by atoms with Crippen molar-refractivity contribution in [2.75, 3.05) is 6.54 Å². The van der Waals surface area contributed by atoms with Gasteiger partial charge in [-0.15, -0.1) is 0 Å². The molecule has 0 unspecified atom stereocenters. The molecule has 20 heavy (non-hydrogen) atoms. The molecule has 0 radical (unpaired) electrons. The first-order valence-electron chi connectivity index (χ1n) is 7.27. The zero-order valence-electron chi connectivity index (χ0n) is 12.7. The van der Waals surface area contributed by atoms with Gasteiger partial charge in [0.25, 0.3) is 0 Å². The molecule has 1 aliphatic rings. The molecule has 1 rings (SSSR count). The van der Waals surface area contributed by atoms with E-state index in [0.717, 1.165) is 32.2 Å². The molecule has 0 spiro atoms. The SMILES string of the molecule is CC(C)(C)OC(=O)NC1CC(NCCCCC(N)=O)C1. The van der Waals surface area contributed by atoms with Crippen molar-refractivity contribution >= 4 is 12.0 Å². The van der Waals surface area contributed by atoms with Gasteiger partial charge in [-0.2, -0.15) is 0 Å². The zero-order valence-corrected chi connectivity index (χ0v) is 12.7. The minimum absolute atomic E-state index is 0.202. The number of alkyl carbamates (subject to hydrolysis) is 1. The second kappa shape index (κ2) is 7.47. The number of carbonyl (C=O) groups excluding carboxylic acids is 2. The molecule has 4 N–H and O–H groups in total. The predicted octanol–water partition coefficient (Wildman–Crippen LogP) is 1.29. The smallest absolute Gasteiger partial charge is 0.407 e. The van der Waals surface area contributed by atoms with Crippen molar-refractivity contribution < 1.29 is 14.3 Å². The molecule has 0 aliphatic heterocycles. The average molecular weight is 285 g/mol. The maximum absolute atomic E-state index is 11.5. The molecule has 0 aromatic carbocycles. The summed E-state index contributed by atoms with van der Waals surface area (Å²) in [7, 11) is 0. The minimum atomic E-state index is -0.452. The van der Waals surface area contributed by atoms with Gasteiger partial charge in [0.1, 0.15) is 5.60 Å². The first-order valence-corrected chi connectivity index (χ1v) is 7.27. The third-order valence-electron chi connectivity index (χ3n) is 3.14. The number of nitrogens with one attached hydrogen (secondary N) is 2. The van der Waals surface area contributed by atoms with Gasteiger partial charge in [0.05, 0.1) is 0 Å². The van der Waals surface area contributed by atoms with Crippen LogP contribution in [0, 0.1) is 0 Å². The summed E-state index contributed by atoms with van der Waals surface area (Å²) in [6, 6.07) is 0.650. The molecule has 0 atom stereocenters. The quantitative estimate of drug-likeness (QED) is 0.614. The molecule has 0 bridgehead atoms. The fourth-order valence-corrected chi connectivity index (χ4v) is 2.11. The third kappa shape index (κ3) is 7.33. The van der Waals surface area contributed by atoms with Crippen molar-refractivity contribution in [3.63, 3.8) is 0 Å². The van der Waals surface area contributed by atoms with E-state index in [4.69, 9.17) is 10.5 Å². The van der Waals surface area contributed by atoms with Gasteiger partial charge >= 0.3 is 6.09 Å². The van der Waals surface area contributed by atoms with Crippen LogP contribution in [0.1, 0.15) is 52.9 Å². The van der Waals surface area contributed by atoms with Crippen molar-refractivity contribution in [1.29, 1.82) is 0 Å². The number of primary amides is 1. The highest BCUT2D eigenvalue weighted by Crippen LogP contribution is 2.20. The fourth-order valence-electron chi connectivity index (χ4n) is 2.11. The topological polar surface area (TPSA) is 93.4 Å². The average Bonchev–Trinajstić information content (AvgIpc) is 2.21. The Morgan fingerprint density at radius 1 is 1.20 bits per heavy atom. The first-order chi connectivity index (χ1) is 9.26. The van der Waals surface area contributed by atoms with Crippen LogP contribution in [0.2, 0.25) is 0 Å². The summed E-state index contributed by atoms with van der Waals surface area (Å²) in [5.74, 6) is -0.240. The number of unbranched alkanes of at least 4 members (excludes halogenated alkanes) is 1. The van der Waals surface area contributed by atoms with E-state index >= 15 is 0 Å². The molecule has 2 amide bonds. The molecule has 1 fully saturated rings. The van der Waals surface area contributed by atoms with Crippen molar-refractivity contribution in [2.45, 2.75) is 70.6 Å². The molecule has 0 aromatic rings. The van der Waals surface area contributed by atoms with Gasteiger partial charge in [0, 0.05) is 18.5 Å². The van der Waals surface area contributed by atoms with Crippen LogP contribution >= 0.6 is 0 Å². The van der Waals surface area contributed by atoms with Crippen molar-refractivity contribution in [2.24, 2.45) is 5.73 Å².